The number of nitrogens with one attached hydrogen (secondary N) is 1. The van der Waals surface area contributed by atoms with Crippen molar-refractivity contribution in [2.75, 3.05) is 17.4 Å². The van der Waals surface area contributed by atoms with Crippen molar-refractivity contribution in [2.45, 2.75) is 50.9 Å². The molecule has 4 aromatic rings. The Hall–Kier alpha value is -4.64. The highest BCUT2D eigenvalue weighted by Crippen LogP contribution is 2.33. The maximum Gasteiger partial charge on any atom is 0.416 e. The number of rotatable bonds is 13. The Balaban J connectivity index is 1.83. The topological polar surface area (TPSA) is 86.8 Å². The summed E-state index contributed by atoms with van der Waals surface area (Å²) >= 11 is 0. The maximum absolute atomic E-state index is 14.4. The van der Waals surface area contributed by atoms with Crippen LogP contribution in [0, 0.1) is 12.8 Å². The third-order valence-corrected chi connectivity index (χ3v) is 9.29. The molecular formula is C36H38F3N3O4S. The Kier molecular flexibility index (Phi) is 11.5. The van der Waals surface area contributed by atoms with Crippen LogP contribution < -0.4 is 9.62 Å². The molecule has 0 saturated heterocycles. The first-order valence-electron chi connectivity index (χ1n) is 15.2. The minimum atomic E-state index is -4.76. The van der Waals surface area contributed by atoms with Crippen LogP contribution in [0.4, 0.5) is 18.9 Å². The quantitative estimate of drug-likeness (QED) is 0.174. The van der Waals surface area contributed by atoms with Gasteiger partial charge in [-0.1, -0.05) is 98.3 Å². The molecule has 1 atom stereocenters. The number of benzene rings is 4. The van der Waals surface area contributed by atoms with E-state index in [0.29, 0.717) is 22.5 Å². The summed E-state index contributed by atoms with van der Waals surface area (Å²) in [5.41, 5.74) is 1.03. The molecule has 0 aliphatic rings. The van der Waals surface area contributed by atoms with Gasteiger partial charge in [0.2, 0.25) is 11.8 Å². The number of anilines is 1. The molecule has 0 spiro atoms. The molecule has 4 aromatic carbocycles. The fourth-order valence-corrected chi connectivity index (χ4v) is 6.38. The summed E-state index contributed by atoms with van der Waals surface area (Å²) in [6.45, 7) is 5.22. The van der Waals surface area contributed by atoms with E-state index >= 15 is 0 Å². The van der Waals surface area contributed by atoms with Gasteiger partial charge < -0.3 is 10.2 Å². The van der Waals surface area contributed by atoms with Crippen LogP contribution in [0.5, 0.6) is 0 Å². The van der Waals surface area contributed by atoms with Crippen LogP contribution in [0.3, 0.4) is 0 Å². The molecule has 0 aliphatic heterocycles. The predicted molar refractivity (Wildman–Crippen MR) is 176 cm³/mol. The third kappa shape index (κ3) is 9.45. The Morgan fingerprint density at radius 1 is 0.809 bits per heavy atom. The molecule has 11 heteroatoms. The first kappa shape index (κ1) is 35.2. The number of alkyl halides is 3. The number of sulfonamides is 1. The smallest absolute Gasteiger partial charge is 0.354 e. The summed E-state index contributed by atoms with van der Waals surface area (Å²) in [5, 5.41) is 2.91. The largest absolute Gasteiger partial charge is 0.416 e. The molecule has 7 nitrogen and oxygen atoms in total. The Bertz CT molecular complexity index is 1750. The second-order valence-electron chi connectivity index (χ2n) is 11.7. The van der Waals surface area contributed by atoms with E-state index in [1.165, 1.54) is 35.2 Å². The van der Waals surface area contributed by atoms with Gasteiger partial charge in [0.05, 0.1) is 16.1 Å². The highest BCUT2D eigenvalue weighted by atomic mass is 32.2. The number of aryl methyl sites for hydroxylation is 1. The van der Waals surface area contributed by atoms with Gasteiger partial charge in [-0.25, -0.2) is 8.42 Å². The first-order valence-corrected chi connectivity index (χ1v) is 16.6. The number of carbonyl (C=O) groups is 2. The molecule has 0 saturated carbocycles. The summed E-state index contributed by atoms with van der Waals surface area (Å²) in [5.74, 6) is -1.08. The van der Waals surface area contributed by atoms with Crippen molar-refractivity contribution in [3.63, 3.8) is 0 Å². The van der Waals surface area contributed by atoms with Gasteiger partial charge in [0.15, 0.2) is 0 Å². The van der Waals surface area contributed by atoms with Gasteiger partial charge in [0.1, 0.15) is 12.6 Å². The van der Waals surface area contributed by atoms with Crippen molar-refractivity contribution in [2.24, 2.45) is 5.92 Å². The molecule has 0 aliphatic carbocycles. The number of hydrogen-bond donors (Lipinski definition) is 1. The van der Waals surface area contributed by atoms with Crippen molar-refractivity contribution >= 4 is 27.5 Å². The lowest BCUT2D eigenvalue weighted by Crippen LogP contribution is -2.53. The fourth-order valence-electron chi connectivity index (χ4n) is 4.95. The lowest BCUT2D eigenvalue weighted by Gasteiger charge is -2.34. The predicted octanol–water partition coefficient (Wildman–Crippen LogP) is 6.62. The minimum absolute atomic E-state index is 0.0481. The van der Waals surface area contributed by atoms with E-state index in [2.05, 4.69) is 5.32 Å². The van der Waals surface area contributed by atoms with Crippen LogP contribution in [0.1, 0.15) is 36.1 Å². The van der Waals surface area contributed by atoms with Gasteiger partial charge in [-0.05, 0) is 54.3 Å². The second-order valence-corrected chi connectivity index (χ2v) is 13.6. The molecule has 2 amide bonds. The van der Waals surface area contributed by atoms with Crippen LogP contribution in [-0.4, -0.2) is 44.3 Å². The van der Waals surface area contributed by atoms with Gasteiger partial charge in [0.25, 0.3) is 10.0 Å². The van der Waals surface area contributed by atoms with E-state index in [4.69, 9.17) is 0 Å². The van der Waals surface area contributed by atoms with E-state index in [9.17, 15) is 31.2 Å². The number of halogens is 3. The summed E-state index contributed by atoms with van der Waals surface area (Å²) in [7, 11) is -4.53. The van der Waals surface area contributed by atoms with Crippen molar-refractivity contribution in [1.29, 1.82) is 0 Å². The standard InChI is InChI=1S/C36H38F3N3O4S/c1-26(2)23-40-35(44)33(21-28-11-6-4-7-12-28)41(24-29-19-17-27(3)18-20-29)34(43)25-42(47(45,46)32-15-8-5-9-16-32)31-14-10-13-30(22-31)36(37,38)39/h4-20,22,26,33H,21,23-25H2,1-3H3,(H,40,44)/t33-/m0/s1. The van der Waals surface area contributed by atoms with Crippen molar-refractivity contribution in [3.05, 3.63) is 131 Å². The Morgan fingerprint density at radius 3 is 2.02 bits per heavy atom. The molecule has 1 N–H and O–H groups in total. The van der Waals surface area contributed by atoms with E-state index in [0.717, 1.165) is 23.3 Å². The number of hydrogen-bond acceptors (Lipinski definition) is 4. The zero-order chi connectivity index (χ0) is 34.2. The maximum atomic E-state index is 14.4. The zero-order valence-corrected chi connectivity index (χ0v) is 27.3. The fraction of sp³-hybridized carbons (Fsp3) is 0.278. The number of carbonyl (C=O) groups excluding carboxylic acids is 2. The Labute approximate surface area is 274 Å². The van der Waals surface area contributed by atoms with E-state index < -0.39 is 46.2 Å². The monoisotopic (exact) mass is 665 g/mol. The molecular weight excluding hydrogens is 627 g/mol. The van der Waals surface area contributed by atoms with Crippen LogP contribution >= 0.6 is 0 Å². The van der Waals surface area contributed by atoms with Crippen LogP contribution in [0.25, 0.3) is 0 Å². The molecule has 47 heavy (non-hydrogen) atoms. The van der Waals surface area contributed by atoms with Crippen LogP contribution in [-0.2, 0) is 38.8 Å². The lowest BCUT2D eigenvalue weighted by atomic mass is 10.0. The van der Waals surface area contributed by atoms with E-state index in [1.807, 2.05) is 75.4 Å². The normalized spacial score (nSPS) is 12.4. The summed E-state index contributed by atoms with van der Waals surface area (Å²) in [6.07, 6.45) is -4.63. The average Bonchev–Trinajstić information content (AvgIpc) is 3.05. The van der Waals surface area contributed by atoms with Gasteiger partial charge in [-0.2, -0.15) is 13.2 Å². The molecule has 0 radical (unpaired) electrons. The third-order valence-electron chi connectivity index (χ3n) is 7.50. The van der Waals surface area contributed by atoms with E-state index in [1.54, 1.807) is 6.07 Å². The number of amides is 2. The molecule has 248 valence electrons. The van der Waals surface area contributed by atoms with Gasteiger partial charge in [-0.3, -0.25) is 13.9 Å². The lowest BCUT2D eigenvalue weighted by molar-refractivity contribution is -0.140. The summed E-state index contributed by atoms with van der Waals surface area (Å²) < 4.78 is 70.0. The van der Waals surface area contributed by atoms with Crippen molar-refractivity contribution in [3.8, 4) is 0 Å². The van der Waals surface area contributed by atoms with Crippen LogP contribution in [0.15, 0.2) is 114 Å². The van der Waals surface area contributed by atoms with Crippen LogP contribution in [0.2, 0.25) is 0 Å². The second kappa shape index (κ2) is 15.3. The zero-order valence-electron chi connectivity index (χ0n) is 26.4. The highest BCUT2D eigenvalue weighted by molar-refractivity contribution is 7.92. The molecule has 0 fully saturated rings. The van der Waals surface area contributed by atoms with Gasteiger partial charge >= 0.3 is 6.18 Å². The molecule has 0 aromatic heterocycles. The average molecular weight is 666 g/mol. The van der Waals surface area contributed by atoms with Crippen molar-refractivity contribution < 1.29 is 31.2 Å². The van der Waals surface area contributed by atoms with Gasteiger partial charge in [0, 0.05) is 19.5 Å². The summed E-state index contributed by atoms with van der Waals surface area (Å²) in [6, 6.07) is 26.4. The van der Waals surface area contributed by atoms with Crippen molar-refractivity contribution in [1.82, 2.24) is 10.2 Å². The van der Waals surface area contributed by atoms with Gasteiger partial charge in [-0.15, -0.1) is 0 Å². The summed E-state index contributed by atoms with van der Waals surface area (Å²) in [4.78, 5) is 29.4. The highest BCUT2D eigenvalue weighted by Gasteiger charge is 2.36. The molecule has 4 rings (SSSR count). The first-order chi connectivity index (χ1) is 22.3. The SMILES string of the molecule is Cc1ccc(CN(C(=O)CN(c2cccc(C(F)(F)F)c2)S(=O)(=O)c2ccccc2)[C@@H](Cc2ccccc2)C(=O)NCC(C)C)cc1. The minimum Gasteiger partial charge on any atom is -0.354 e. The molecule has 0 heterocycles. The Morgan fingerprint density at radius 2 is 1.43 bits per heavy atom. The molecule has 0 bridgehead atoms. The number of nitrogens with zero attached hydrogens (tertiary/aromatic N) is 2. The molecule has 0 unspecified atom stereocenters. The van der Waals surface area contributed by atoms with E-state index in [-0.39, 0.29) is 29.5 Å².